The minimum atomic E-state index is -0.169. The molecule has 6 nitrogen and oxygen atoms in total. The Morgan fingerprint density at radius 3 is 2.78 bits per heavy atom. The molecule has 1 saturated heterocycles. The lowest BCUT2D eigenvalue weighted by Crippen LogP contribution is -2.39. The van der Waals surface area contributed by atoms with Crippen LogP contribution in [0.5, 0.6) is 0 Å². The number of nitrogens with one attached hydrogen (secondary N) is 2. The van der Waals surface area contributed by atoms with E-state index in [1.165, 1.54) is 0 Å². The highest BCUT2D eigenvalue weighted by Gasteiger charge is 2.17. The fraction of sp³-hybridized carbons (Fsp3) is 0.583. The van der Waals surface area contributed by atoms with Crippen molar-refractivity contribution in [2.75, 3.05) is 25.1 Å². The van der Waals surface area contributed by atoms with Gasteiger partial charge in [-0.05, 0) is 31.9 Å². The third-order valence-corrected chi connectivity index (χ3v) is 2.81. The second-order valence-electron chi connectivity index (χ2n) is 4.19. The minimum absolute atomic E-state index is 0.169. The van der Waals surface area contributed by atoms with Gasteiger partial charge >= 0.3 is 0 Å². The Kier molecular flexibility index (Phi) is 4.46. The van der Waals surface area contributed by atoms with Crippen molar-refractivity contribution in [2.45, 2.75) is 25.8 Å². The zero-order valence-corrected chi connectivity index (χ0v) is 10.5. The van der Waals surface area contributed by atoms with Crippen molar-refractivity contribution in [3.63, 3.8) is 0 Å². The Balaban J connectivity index is 1.91. The number of rotatable bonds is 4. The SMILES string of the molecule is CCNc1ccc(C(=O)NC2CCOCC2)nn1. The average molecular weight is 250 g/mol. The predicted octanol–water partition coefficient (Wildman–Crippen LogP) is 0.817. The topological polar surface area (TPSA) is 76.1 Å². The first kappa shape index (κ1) is 12.8. The van der Waals surface area contributed by atoms with E-state index in [-0.39, 0.29) is 11.9 Å². The first-order chi connectivity index (χ1) is 8.79. The van der Waals surface area contributed by atoms with E-state index in [4.69, 9.17) is 4.74 Å². The Bertz CT molecular complexity index is 388. The highest BCUT2D eigenvalue weighted by atomic mass is 16.5. The van der Waals surface area contributed by atoms with Crippen LogP contribution in [0.25, 0.3) is 0 Å². The molecule has 1 aliphatic rings. The summed E-state index contributed by atoms with van der Waals surface area (Å²) < 4.78 is 5.24. The molecule has 0 spiro atoms. The molecule has 1 aromatic rings. The summed E-state index contributed by atoms with van der Waals surface area (Å²) >= 11 is 0. The van der Waals surface area contributed by atoms with Gasteiger partial charge in [0.15, 0.2) is 5.69 Å². The van der Waals surface area contributed by atoms with Gasteiger partial charge < -0.3 is 15.4 Å². The fourth-order valence-electron chi connectivity index (χ4n) is 1.83. The average Bonchev–Trinajstić information content (AvgIpc) is 2.41. The number of carbonyl (C=O) groups excluding carboxylic acids is 1. The van der Waals surface area contributed by atoms with Gasteiger partial charge in [0.25, 0.3) is 5.91 Å². The van der Waals surface area contributed by atoms with Gasteiger partial charge in [-0.15, -0.1) is 10.2 Å². The molecule has 0 bridgehead atoms. The van der Waals surface area contributed by atoms with Crippen molar-refractivity contribution in [3.05, 3.63) is 17.8 Å². The summed E-state index contributed by atoms with van der Waals surface area (Å²) in [5.74, 6) is 0.512. The zero-order chi connectivity index (χ0) is 12.8. The zero-order valence-electron chi connectivity index (χ0n) is 10.5. The number of nitrogens with zero attached hydrogens (tertiary/aromatic N) is 2. The number of anilines is 1. The van der Waals surface area contributed by atoms with Crippen LogP contribution in [0.15, 0.2) is 12.1 Å². The van der Waals surface area contributed by atoms with Crippen molar-refractivity contribution >= 4 is 11.7 Å². The van der Waals surface area contributed by atoms with Crippen LogP contribution in [0, 0.1) is 0 Å². The monoisotopic (exact) mass is 250 g/mol. The van der Waals surface area contributed by atoms with Crippen LogP contribution >= 0.6 is 0 Å². The summed E-state index contributed by atoms with van der Waals surface area (Å²) in [5, 5.41) is 13.8. The van der Waals surface area contributed by atoms with E-state index in [1.807, 2.05) is 6.92 Å². The highest BCUT2D eigenvalue weighted by Crippen LogP contribution is 2.07. The van der Waals surface area contributed by atoms with Crippen molar-refractivity contribution in [1.82, 2.24) is 15.5 Å². The van der Waals surface area contributed by atoms with Gasteiger partial charge in [-0.25, -0.2) is 0 Å². The molecule has 98 valence electrons. The second-order valence-corrected chi connectivity index (χ2v) is 4.19. The molecule has 0 atom stereocenters. The maximum atomic E-state index is 11.9. The van der Waals surface area contributed by atoms with Gasteiger partial charge in [0.1, 0.15) is 5.82 Å². The van der Waals surface area contributed by atoms with E-state index in [0.29, 0.717) is 24.7 Å². The first-order valence-corrected chi connectivity index (χ1v) is 6.26. The Morgan fingerprint density at radius 1 is 1.39 bits per heavy atom. The molecule has 1 amide bonds. The molecule has 6 heteroatoms. The lowest BCUT2D eigenvalue weighted by Gasteiger charge is -2.22. The highest BCUT2D eigenvalue weighted by molar-refractivity contribution is 5.92. The molecule has 1 aromatic heterocycles. The van der Waals surface area contributed by atoms with Crippen LogP contribution < -0.4 is 10.6 Å². The second kappa shape index (κ2) is 6.30. The number of carbonyl (C=O) groups is 1. The van der Waals surface area contributed by atoms with Gasteiger partial charge in [-0.2, -0.15) is 0 Å². The van der Waals surface area contributed by atoms with Crippen LogP contribution in [-0.4, -0.2) is 41.9 Å². The van der Waals surface area contributed by atoms with E-state index in [9.17, 15) is 4.79 Å². The maximum absolute atomic E-state index is 11.9. The number of aromatic nitrogens is 2. The van der Waals surface area contributed by atoms with E-state index in [1.54, 1.807) is 12.1 Å². The molecule has 0 aromatic carbocycles. The summed E-state index contributed by atoms with van der Waals surface area (Å²) in [6.45, 7) is 4.17. The lowest BCUT2D eigenvalue weighted by molar-refractivity contribution is 0.0693. The molecule has 2 heterocycles. The van der Waals surface area contributed by atoms with Crippen molar-refractivity contribution in [3.8, 4) is 0 Å². The molecular weight excluding hydrogens is 232 g/mol. The van der Waals surface area contributed by atoms with Crippen molar-refractivity contribution in [1.29, 1.82) is 0 Å². The van der Waals surface area contributed by atoms with E-state index in [0.717, 1.165) is 19.4 Å². The maximum Gasteiger partial charge on any atom is 0.272 e. The molecule has 1 fully saturated rings. The number of amides is 1. The smallest absolute Gasteiger partial charge is 0.272 e. The normalized spacial score (nSPS) is 16.3. The summed E-state index contributed by atoms with van der Waals surface area (Å²) in [5.41, 5.74) is 0.350. The Hall–Kier alpha value is -1.69. The summed E-state index contributed by atoms with van der Waals surface area (Å²) in [6, 6.07) is 3.62. The van der Waals surface area contributed by atoms with Crippen molar-refractivity contribution < 1.29 is 9.53 Å². The van der Waals surface area contributed by atoms with Crippen LogP contribution in [0.3, 0.4) is 0 Å². The minimum Gasteiger partial charge on any atom is -0.381 e. The number of hydrogen-bond acceptors (Lipinski definition) is 5. The van der Waals surface area contributed by atoms with Crippen LogP contribution in [0.4, 0.5) is 5.82 Å². The first-order valence-electron chi connectivity index (χ1n) is 6.26. The molecule has 0 radical (unpaired) electrons. The molecule has 18 heavy (non-hydrogen) atoms. The van der Waals surface area contributed by atoms with Gasteiger partial charge in [0, 0.05) is 25.8 Å². The van der Waals surface area contributed by atoms with Crippen LogP contribution in [-0.2, 0) is 4.74 Å². The van der Waals surface area contributed by atoms with E-state index in [2.05, 4.69) is 20.8 Å². The standard InChI is InChI=1S/C12H18N4O2/c1-2-13-11-4-3-10(15-16-11)12(17)14-9-5-7-18-8-6-9/h3-4,9H,2,5-8H2,1H3,(H,13,16)(H,14,17). The quantitative estimate of drug-likeness (QED) is 0.827. The molecule has 0 saturated carbocycles. The van der Waals surface area contributed by atoms with Crippen LogP contribution in [0.2, 0.25) is 0 Å². The molecule has 0 unspecified atom stereocenters. The molecule has 2 rings (SSSR count). The van der Waals surface area contributed by atoms with Gasteiger partial charge in [0.05, 0.1) is 0 Å². The third-order valence-electron chi connectivity index (χ3n) is 2.81. The Labute approximate surface area is 106 Å². The van der Waals surface area contributed by atoms with Crippen LogP contribution in [0.1, 0.15) is 30.3 Å². The summed E-state index contributed by atoms with van der Waals surface area (Å²) in [7, 11) is 0. The molecule has 1 aliphatic heterocycles. The number of ether oxygens (including phenoxy) is 1. The largest absolute Gasteiger partial charge is 0.381 e. The van der Waals surface area contributed by atoms with Gasteiger partial charge in [-0.1, -0.05) is 0 Å². The summed E-state index contributed by atoms with van der Waals surface area (Å²) in [4.78, 5) is 11.9. The molecule has 0 aliphatic carbocycles. The number of hydrogen-bond donors (Lipinski definition) is 2. The van der Waals surface area contributed by atoms with Crippen molar-refractivity contribution in [2.24, 2.45) is 0 Å². The van der Waals surface area contributed by atoms with E-state index >= 15 is 0 Å². The predicted molar refractivity (Wildman–Crippen MR) is 67.5 cm³/mol. The molecule has 2 N–H and O–H groups in total. The lowest BCUT2D eigenvalue weighted by atomic mass is 10.1. The third kappa shape index (κ3) is 3.40. The summed E-state index contributed by atoms with van der Waals surface area (Å²) in [6.07, 6.45) is 1.71. The van der Waals surface area contributed by atoms with Gasteiger partial charge in [-0.3, -0.25) is 4.79 Å². The molecular formula is C12H18N4O2. The van der Waals surface area contributed by atoms with Gasteiger partial charge in [0.2, 0.25) is 0 Å². The van der Waals surface area contributed by atoms with E-state index < -0.39 is 0 Å². The Morgan fingerprint density at radius 2 is 2.17 bits per heavy atom. The fourth-order valence-corrected chi connectivity index (χ4v) is 1.83.